The first-order valence-electron chi connectivity index (χ1n) is 9.75. The van der Waals surface area contributed by atoms with Gasteiger partial charge in [-0.15, -0.1) is 0 Å². The van der Waals surface area contributed by atoms with Crippen LogP contribution >= 0.6 is 23.2 Å². The van der Waals surface area contributed by atoms with Crippen LogP contribution in [-0.2, 0) is 11.3 Å². The molecule has 0 saturated carbocycles. The van der Waals surface area contributed by atoms with E-state index in [-0.39, 0.29) is 12.4 Å². The number of hydrogen-bond acceptors (Lipinski definition) is 6. The van der Waals surface area contributed by atoms with Gasteiger partial charge in [-0.05, 0) is 35.9 Å². The van der Waals surface area contributed by atoms with E-state index in [1.165, 1.54) is 6.07 Å². The first-order chi connectivity index (χ1) is 15.0. The van der Waals surface area contributed by atoms with E-state index in [1.54, 1.807) is 18.3 Å². The Morgan fingerprint density at radius 1 is 1.10 bits per heavy atom. The molecular formula is C22H20Cl2N4O3. The second kappa shape index (κ2) is 9.48. The highest BCUT2D eigenvalue weighted by atomic mass is 35.5. The molecule has 0 bridgehead atoms. The summed E-state index contributed by atoms with van der Waals surface area (Å²) >= 11 is 12.0. The predicted octanol–water partition coefficient (Wildman–Crippen LogP) is 3.89. The number of anilines is 1. The average molecular weight is 459 g/mol. The van der Waals surface area contributed by atoms with Crippen molar-refractivity contribution in [2.75, 3.05) is 38.3 Å². The molecule has 2 aromatic carbocycles. The molecule has 0 aromatic heterocycles. The highest BCUT2D eigenvalue weighted by Gasteiger charge is 2.19. The summed E-state index contributed by atoms with van der Waals surface area (Å²) in [5.74, 6) is 1.06. The fraction of sp³-hybridized carbons (Fsp3) is 0.273. The molecule has 0 radical (unpaired) electrons. The highest BCUT2D eigenvalue weighted by molar-refractivity contribution is 6.36. The number of nitrogens with zero attached hydrogens (tertiary/aromatic N) is 3. The number of amides is 1. The van der Waals surface area contributed by atoms with E-state index in [1.807, 2.05) is 29.2 Å². The molecule has 2 aliphatic heterocycles. The number of hydrogen-bond donors (Lipinski definition) is 1. The van der Waals surface area contributed by atoms with Crippen molar-refractivity contribution in [3.8, 4) is 17.6 Å². The molecule has 1 N–H and O–H groups in total. The number of nitrogens with one attached hydrogen (secondary N) is 1. The quantitative estimate of drug-likeness (QED) is 0.540. The molecule has 2 aromatic rings. The maximum atomic E-state index is 12.5. The van der Waals surface area contributed by atoms with Gasteiger partial charge in [0, 0.05) is 43.9 Å². The molecule has 1 saturated heterocycles. The van der Waals surface area contributed by atoms with Crippen molar-refractivity contribution in [2.45, 2.75) is 6.54 Å². The lowest BCUT2D eigenvalue weighted by molar-refractivity contribution is -0.112. The molecule has 0 unspecified atom stereocenters. The first-order valence-corrected chi connectivity index (χ1v) is 10.5. The lowest BCUT2D eigenvalue weighted by Gasteiger charge is -2.34. The van der Waals surface area contributed by atoms with Crippen LogP contribution in [0.3, 0.4) is 0 Å². The number of benzene rings is 2. The normalized spacial score (nSPS) is 16.2. The predicted molar refractivity (Wildman–Crippen MR) is 118 cm³/mol. The largest absolute Gasteiger partial charge is 0.454 e. The molecule has 9 heteroatoms. The summed E-state index contributed by atoms with van der Waals surface area (Å²) in [5.41, 5.74) is 1.59. The minimum Gasteiger partial charge on any atom is -0.454 e. The minimum absolute atomic E-state index is 0.0234. The van der Waals surface area contributed by atoms with Crippen LogP contribution in [-0.4, -0.2) is 48.7 Å². The van der Waals surface area contributed by atoms with Gasteiger partial charge in [0.15, 0.2) is 11.5 Å². The van der Waals surface area contributed by atoms with E-state index < -0.39 is 5.91 Å². The van der Waals surface area contributed by atoms with Crippen molar-refractivity contribution in [1.29, 1.82) is 5.26 Å². The Balaban J connectivity index is 1.32. The standard InChI is InChI=1S/C22H20Cl2N4O3/c23-17-2-3-19(18(24)10-17)26-22(29)16(11-25)13-28-7-5-27(6-8-28)12-15-1-4-20-21(9-15)31-14-30-20/h1-4,9-10,13H,5-8,12,14H2,(H,26,29)/b16-13-. The van der Waals surface area contributed by atoms with E-state index in [4.69, 9.17) is 32.7 Å². The topological polar surface area (TPSA) is 77.8 Å². The number of piperazine rings is 1. The van der Waals surface area contributed by atoms with Gasteiger partial charge in [0.1, 0.15) is 11.6 Å². The Kier molecular flexibility index (Phi) is 6.52. The maximum Gasteiger partial charge on any atom is 0.267 e. The van der Waals surface area contributed by atoms with Crippen molar-refractivity contribution in [1.82, 2.24) is 9.80 Å². The summed E-state index contributed by atoms with van der Waals surface area (Å²) in [7, 11) is 0. The van der Waals surface area contributed by atoms with Crippen molar-refractivity contribution < 1.29 is 14.3 Å². The number of nitriles is 1. The summed E-state index contributed by atoms with van der Waals surface area (Å²) in [4.78, 5) is 16.8. The Morgan fingerprint density at radius 2 is 1.87 bits per heavy atom. The van der Waals surface area contributed by atoms with Gasteiger partial charge in [-0.2, -0.15) is 5.26 Å². The van der Waals surface area contributed by atoms with E-state index in [0.717, 1.165) is 36.7 Å². The lowest BCUT2D eigenvalue weighted by Crippen LogP contribution is -2.43. The monoisotopic (exact) mass is 458 g/mol. The zero-order valence-electron chi connectivity index (χ0n) is 16.6. The van der Waals surface area contributed by atoms with E-state index in [0.29, 0.717) is 28.8 Å². The van der Waals surface area contributed by atoms with E-state index in [2.05, 4.69) is 10.2 Å². The Labute approximate surface area is 190 Å². The van der Waals surface area contributed by atoms with Gasteiger partial charge in [0.25, 0.3) is 5.91 Å². The van der Waals surface area contributed by atoms with E-state index in [9.17, 15) is 10.1 Å². The third kappa shape index (κ3) is 5.23. The number of rotatable bonds is 5. The van der Waals surface area contributed by atoms with Crippen molar-refractivity contribution in [2.24, 2.45) is 0 Å². The van der Waals surface area contributed by atoms with Gasteiger partial charge in [-0.1, -0.05) is 29.3 Å². The maximum absolute atomic E-state index is 12.5. The van der Waals surface area contributed by atoms with Crippen LogP contribution in [0.2, 0.25) is 10.0 Å². The van der Waals surface area contributed by atoms with E-state index >= 15 is 0 Å². The second-order valence-electron chi connectivity index (χ2n) is 7.23. The SMILES string of the molecule is N#C/C(=C/N1CCN(Cc2ccc3c(c2)OCO3)CC1)C(=O)Nc1ccc(Cl)cc1Cl. The minimum atomic E-state index is -0.505. The summed E-state index contributed by atoms with van der Waals surface area (Å²) in [6.07, 6.45) is 1.61. The molecule has 160 valence electrons. The summed E-state index contributed by atoms with van der Waals surface area (Å²) < 4.78 is 10.8. The summed E-state index contributed by atoms with van der Waals surface area (Å²) in [6, 6.07) is 12.7. The van der Waals surface area contributed by atoms with Crippen LogP contribution in [0.25, 0.3) is 0 Å². The highest BCUT2D eigenvalue weighted by Crippen LogP contribution is 2.33. The molecule has 2 heterocycles. The van der Waals surface area contributed by atoms with Crippen LogP contribution in [0.15, 0.2) is 48.2 Å². The van der Waals surface area contributed by atoms with Crippen LogP contribution < -0.4 is 14.8 Å². The molecule has 1 fully saturated rings. The summed E-state index contributed by atoms with van der Waals surface area (Å²) in [6.45, 7) is 4.12. The molecular weight excluding hydrogens is 439 g/mol. The number of halogens is 2. The van der Waals surface area contributed by atoms with Crippen LogP contribution in [0.5, 0.6) is 11.5 Å². The Hall–Kier alpha value is -2.92. The van der Waals surface area contributed by atoms with Gasteiger partial charge in [-0.25, -0.2) is 0 Å². The van der Waals surface area contributed by atoms with Crippen molar-refractivity contribution in [3.05, 3.63) is 63.8 Å². The first kappa shape index (κ1) is 21.3. The third-order valence-corrected chi connectivity index (χ3v) is 5.65. The number of fused-ring (bicyclic) bond motifs is 1. The smallest absolute Gasteiger partial charge is 0.267 e. The van der Waals surface area contributed by atoms with Crippen molar-refractivity contribution in [3.63, 3.8) is 0 Å². The van der Waals surface area contributed by atoms with Gasteiger partial charge >= 0.3 is 0 Å². The number of ether oxygens (including phenoxy) is 2. The Bertz CT molecular complexity index is 1060. The fourth-order valence-electron chi connectivity index (χ4n) is 3.45. The molecule has 7 nitrogen and oxygen atoms in total. The molecule has 0 spiro atoms. The van der Waals surface area contributed by atoms with Crippen LogP contribution in [0, 0.1) is 11.3 Å². The van der Waals surface area contributed by atoms with Gasteiger partial charge in [-0.3, -0.25) is 9.69 Å². The Morgan fingerprint density at radius 3 is 2.61 bits per heavy atom. The van der Waals surface area contributed by atoms with Crippen LogP contribution in [0.1, 0.15) is 5.56 Å². The molecule has 0 aliphatic carbocycles. The lowest BCUT2D eigenvalue weighted by atomic mass is 10.1. The second-order valence-corrected chi connectivity index (χ2v) is 8.08. The van der Waals surface area contributed by atoms with Gasteiger partial charge in [0.2, 0.25) is 6.79 Å². The number of carbonyl (C=O) groups excluding carboxylic acids is 1. The van der Waals surface area contributed by atoms with Crippen LogP contribution in [0.4, 0.5) is 5.69 Å². The van der Waals surface area contributed by atoms with Crippen molar-refractivity contribution >= 4 is 34.8 Å². The van der Waals surface area contributed by atoms with Gasteiger partial charge < -0.3 is 19.7 Å². The average Bonchev–Trinajstić information content (AvgIpc) is 3.23. The molecule has 0 atom stereocenters. The molecule has 31 heavy (non-hydrogen) atoms. The zero-order chi connectivity index (χ0) is 21.8. The molecule has 2 aliphatic rings. The molecule has 1 amide bonds. The molecule has 4 rings (SSSR count). The number of carbonyl (C=O) groups is 1. The third-order valence-electron chi connectivity index (χ3n) is 5.11. The summed E-state index contributed by atoms with van der Waals surface area (Å²) in [5, 5.41) is 12.9. The van der Waals surface area contributed by atoms with Gasteiger partial charge in [0.05, 0.1) is 10.7 Å². The zero-order valence-corrected chi connectivity index (χ0v) is 18.1. The fourth-order valence-corrected chi connectivity index (χ4v) is 3.91.